The van der Waals surface area contributed by atoms with Gasteiger partial charge in [0.15, 0.2) is 0 Å². The molecule has 0 aliphatic heterocycles. The van der Waals surface area contributed by atoms with Crippen LogP contribution < -0.4 is 0 Å². The van der Waals surface area contributed by atoms with Crippen molar-refractivity contribution in [3.8, 4) is 6.07 Å². The Kier molecular flexibility index (Phi) is 5.97. The van der Waals surface area contributed by atoms with Gasteiger partial charge in [0.2, 0.25) is 0 Å². The molecule has 0 aliphatic rings. The zero-order valence-electron chi connectivity index (χ0n) is 12.0. The first-order valence-corrected chi connectivity index (χ1v) is 7.94. The van der Waals surface area contributed by atoms with Crippen molar-refractivity contribution in [3.63, 3.8) is 0 Å². The summed E-state index contributed by atoms with van der Waals surface area (Å²) in [4.78, 5) is 0.198. The van der Waals surface area contributed by atoms with Gasteiger partial charge in [0.1, 0.15) is 0 Å². The van der Waals surface area contributed by atoms with Crippen LogP contribution >= 0.6 is 0 Å². The molecule has 0 amide bonds. The summed E-state index contributed by atoms with van der Waals surface area (Å²) in [5.74, 6) is 0.308. The number of hydrogen-bond donors (Lipinski definition) is 0. The number of unbranched alkanes of at least 4 members (excludes halogenated alkanes) is 1. The van der Waals surface area contributed by atoms with Crippen LogP contribution in [0.1, 0.15) is 38.7 Å². The molecule has 0 heterocycles. The number of hydrogen-bond acceptors (Lipinski definition) is 2. The Bertz CT molecular complexity index is 547. The molecule has 0 saturated heterocycles. The van der Waals surface area contributed by atoms with Gasteiger partial charge in [-0.3, -0.25) is 4.21 Å². The second kappa shape index (κ2) is 7.08. The zero-order chi connectivity index (χ0) is 16.1. The number of nitrogens with zero attached hydrogens (tertiary/aromatic N) is 1. The summed E-state index contributed by atoms with van der Waals surface area (Å²) in [5, 5.41) is 8.87. The summed E-state index contributed by atoms with van der Waals surface area (Å²) < 4.78 is 49.7. The van der Waals surface area contributed by atoms with E-state index in [1.807, 2.05) is 13.8 Å². The fraction of sp³-hybridized carbons (Fsp3) is 0.533. The fourth-order valence-corrected chi connectivity index (χ4v) is 2.98. The lowest BCUT2D eigenvalue weighted by Crippen LogP contribution is -2.09. The predicted octanol–water partition coefficient (Wildman–Crippen LogP) is 4.53. The Morgan fingerprint density at radius 2 is 1.90 bits per heavy atom. The average Bonchev–Trinajstić information content (AvgIpc) is 2.42. The predicted molar refractivity (Wildman–Crippen MR) is 76.0 cm³/mol. The molecular formula is C15H18F3NOS. The van der Waals surface area contributed by atoms with Crippen molar-refractivity contribution in [2.24, 2.45) is 5.41 Å². The molecule has 1 atom stereocenters. The summed E-state index contributed by atoms with van der Waals surface area (Å²) >= 11 is 0. The number of benzene rings is 1. The van der Waals surface area contributed by atoms with Crippen LogP contribution in [-0.2, 0) is 17.0 Å². The van der Waals surface area contributed by atoms with Gasteiger partial charge in [-0.25, -0.2) is 0 Å². The van der Waals surface area contributed by atoms with E-state index in [0.29, 0.717) is 18.6 Å². The first-order valence-electron chi connectivity index (χ1n) is 6.62. The van der Waals surface area contributed by atoms with Crippen molar-refractivity contribution in [3.05, 3.63) is 29.8 Å². The van der Waals surface area contributed by atoms with Crippen LogP contribution in [0.5, 0.6) is 0 Å². The number of rotatable bonds is 6. The van der Waals surface area contributed by atoms with Gasteiger partial charge in [0, 0.05) is 10.6 Å². The van der Waals surface area contributed by atoms with E-state index in [-0.39, 0.29) is 4.90 Å². The van der Waals surface area contributed by atoms with Gasteiger partial charge in [0.05, 0.1) is 27.8 Å². The summed E-state index contributed by atoms with van der Waals surface area (Å²) in [6.07, 6.45) is -2.39. The van der Waals surface area contributed by atoms with E-state index in [2.05, 4.69) is 6.07 Å². The first-order chi connectivity index (χ1) is 9.65. The molecule has 1 unspecified atom stereocenters. The van der Waals surface area contributed by atoms with E-state index in [4.69, 9.17) is 5.26 Å². The molecule has 2 nitrogen and oxygen atoms in total. The molecule has 0 bridgehead atoms. The molecule has 1 aromatic rings. The van der Waals surface area contributed by atoms with Crippen LogP contribution in [0.3, 0.4) is 0 Å². The summed E-state index contributed by atoms with van der Waals surface area (Å²) in [7, 11) is -1.44. The molecule has 0 radical (unpaired) electrons. The lowest BCUT2D eigenvalue weighted by molar-refractivity contribution is -0.137. The van der Waals surface area contributed by atoms with E-state index in [0.717, 1.165) is 18.6 Å². The summed E-state index contributed by atoms with van der Waals surface area (Å²) in [5.41, 5.74) is -1.20. The van der Waals surface area contributed by atoms with E-state index >= 15 is 0 Å². The van der Waals surface area contributed by atoms with E-state index in [1.165, 1.54) is 12.1 Å². The quantitative estimate of drug-likeness (QED) is 0.723. The number of nitriles is 1. The van der Waals surface area contributed by atoms with E-state index in [1.54, 1.807) is 0 Å². The minimum Gasteiger partial charge on any atom is -0.254 e. The molecule has 0 aliphatic carbocycles. The van der Waals surface area contributed by atoms with Crippen molar-refractivity contribution < 1.29 is 17.4 Å². The van der Waals surface area contributed by atoms with Crippen molar-refractivity contribution >= 4 is 10.8 Å². The minimum atomic E-state index is -4.42. The highest BCUT2D eigenvalue weighted by Crippen LogP contribution is 2.30. The number of halogens is 3. The van der Waals surface area contributed by atoms with Crippen LogP contribution in [-0.4, -0.2) is 9.96 Å². The maximum absolute atomic E-state index is 12.6. The van der Waals surface area contributed by atoms with Crippen LogP contribution in [0, 0.1) is 16.7 Å². The standard InChI is InChI=1S/C15H18F3NOS/c1-14(2,11-19)8-3-4-9-21(20)13-7-5-6-12(10-13)15(16,17)18/h5-7,10H,3-4,8-9H2,1-2H3. The molecule has 116 valence electrons. The molecule has 1 aromatic carbocycles. The van der Waals surface area contributed by atoms with Gasteiger partial charge in [-0.2, -0.15) is 18.4 Å². The van der Waals surface area contributed by atoms with Crippen LogP contribution in [0.2, 0.25) is 0 Å². The zero-order valence-corrected chi connectivity index (χ0v) is 12.9. The van der Waals surface area contributed by atoms with Crippen molar-refractivity contribution in [2.75, 3.05) is 5.75 Å². The molecule has 21 heavy (non-hydrogen) atoms. The molecule has 0 fully saturated rings. The van der Waals surface area contributed by atoms with Gasteiger partial charge in [0.25, 0.3) is 0 Å². The Morgan fingerprint density at radius 3 is 2.48 bits per heavy atom. The smallest absolute Gasteiger partial charge is 0.254 e. The second-order valence-electron chi connectivity index (χ2n) is 5.53. The fourth-order valence-electron chi connectivity index (χ4n) is 1.79. The topological polar surface area (TPSA) is 40.9 Å². The Morgan fingerprint density at radius 1 is 1.24 bits per heavy atom. The third-order valence-electron chi connectivity index (χ3n) is 3.11. The Balaban J connectivity index is 2.56. The van der Waals surface area contributed by atoms with Crippen LogP contribution in [0.4, 0.5) is 13.2 Å². The monoisotopic (exact) mass is 317 g/mol. The van der Waals surface area contributed by atoms with Crippen molar-refractivity contribution in [2.45, 2.75) is 44.2 Å². The Hall–Kier alpha value is -1.35. The second-order valence-corrected chi connectivity index (χ2v) is 7.10. The summed E-state index contributed by atoms with van der Waals surface area (Å²) in [6.45, 7) is 3.66. The van der Waals surface area contributed by atoms with Crippen LogP contribution in [0.25, 0.3) is 0 Å². The normalized spacial score (nSPS) is 13.7. The molecular weight excluding hydrogens is 299 g/mol. The van der Waals surface area contributed by atoms with E-state index < -0.39 is 28.0 Å². The van der Waals surface area contributed by atoms with Crippen molar-refractivity contribution in [1.29, 1.82) is 5.26 Å². The van der Waals surface area contributed by atoms with Gasteiger partial charge in [-0.1, -0.05) is 12.5 Å². The van der Waals surface area contributed by atoms with Crippen molar-refractivity contribution in [1.82, 2.24) is 0 Å². The summed E-state index contributed by atoms with van der Waals surface area (Å²) in [6, 6.07) is 6.81. The first kappa shape index (κ1) is 17.7. The van der Waals surface area contributed by atoms with Gasteiger partial charge >= 0.3 is 6.18 Å². The molecule has 0 N–H and O–H groups in total. The third-order valence-corrected chi connectivity index (χ3v) is 4.55. The average molecular weight is 317 g/mol. The molecule has 6 heteroatoms. The molecule has 0 aromatic heterocycles. The molecule has 1 rings (SSSR count). The largest absolute Gasteiger partial charge is 0.416 e. The van der Waals surface area contributed by atoms with E-state index in [9.17, 15) is 17.4 Å². The highest BCUT2D eigenvalue weighted by molar-refractivity contribution is 7.85. The minimum absolute atomic E-state index is 0.198. The highest BCUT2D eigenvalue weighted by atomic mass is 32.2. The van der Waals surface area contributed by atoms with Gasteiger partial charge in [-0.05, 0) is 44.9 Å². The lowest BCUT2D eigenvalue weighted by Gasteiger charge is -2.14. The maximum atomic E-state index is 12.6. The van der Waals surface area contributed by atoms with Gasteiger partial charge in [-0.15, -0.1) is 0 Å². The molecule has 0 spiro atoms. The molecule has 0 saturated carbocycles. The van der Waals surface area contributed by atoms with Gasteiger partial charge < -0.3 is 0 Å². The van der Waals surface area contributed by atoms with Crippen LogP contribution in [0.15, 0.2) is 29.2 Å². The Labute approximate surface area is 125 Å². The highest BCUT2D eigenvalue weighted by Gasteiger charge is 2.30. The third kappa shape index (κ3) is 5.88. The lowest BCUT2D eigenvalue weighted by atomic mass is 9.89. The maximum Gasteiger partial charge on any atom is 0.416 e. The SMILES string of the molecule is CC(C)(C#N)CCCCS(=O)c1cccc(C(F)(F)F)c1. The number of alkyl halides is 3.